The second-order valence-electron chi connectivity index (χ2n) is 9.92. The van der Waals surface area contributed by atoms with Gasteiger partial charge in [-0.25, -0.2) is 4.79 Å². The lowest BCUT2D eigenvalue weighted by Crippen LogP contribution is -2.19. The molecule has 0 aliphatic rings. The zero-order valence-electron chi connectivity index (χ0n) is 22.9. The van der Waals surface area contributed by atoms with Crippen LogP contribution in [0.5, 0.6) is 0 Å². The Labute approximate surface area is 252 Å². The van der Waals surface area contributed by atoms with Crippen LogP contribution in [0.25, 0.3) is 21.5 Å². The molecular weight excluding hydrogens is 556 g/mol. The number of carbonyl (C=O) groups excluding carboxylic acids is 2. The van der Waals surface area contributed by atoms with Crippen LogP contribution in [0, 0.1) is 0 Å². The van der Waals surface area contributed by atoms with Crippen LogP contribution in [0.2, 0.25) is 0 Å². The largest absolute Gasteiger partial charge is 0.478 e. The van der Waals surface area contributed by atoms with E-state index in [0.717, 1.165) is 26.9 Å². The first-order chi connectivity index (χ1) is 21.0. The predicted octanol–water partition coefficient (Wildman–Crippen LogP) is 8.42. The predicted molar refractivity (Wildman–Crippen MR) is 173 cm³/mol. The van der Waals surface area contributed by atoms with E-state index in [9.17, 15) is 19.5 Å². The fourth-order valence-electron chi connectivity index (χ4n) is 5.09. The summed E-state index contributed by atoms with van der Waals surface area (Å²) in [5, 5.41) is 18.2. The number of nitrogens with one attached hydrogen (secondary N) is 2. The zero-order valence-corrected chi connectivity index (χ0v) is 23.7. The zero-order chi connectivity index (χ0) is 29.8. The Morgan fingerprint density at radius 3 is 1.98 bits per heavy atom. The molecule has 1 atom stereocenters. The summed E-state index contributed by atoms with van der Waals surface area (Å²) in [6.45, 7) is 0. The number of thioether (sulfide) groups is 1. The Bertz CT molecular complexity index is 1960. The van der Waals surface area contributed by atoms with E-state index in [-0.39, 0.29) is 17.0 Å². The number of hydrogen-bond acceptors (Lipinski definition) is 4. The molecule has 6 rings (SSSR count). The van der Waals surface area contributed by atoms with Crippen LogP contribution in [0.15, 0.2) is 138 Å². The van der Waals surface area contributed by atoms with Gasteiger partial charge in [-0.05, 0) is 58.8 Å². The molecule has 0 aromatic heterocycles. The van der Waals surface area contributed by atoms with Gasteiger partial charge in [0, 0.05) is 32.6 Å². The molecule has 0 saturated carbocycles. The highest BCUT2D eigenvalue weighted by Crippen LogP contribution is 2.37. The van der Waals surface area contributed by atoms with Gasteiger partial charge in [0.25, 0.3) is 5.91 Å². The van der Waals surface area contributed by atoms with E-state index in [1.165, 1.54) is 17.8 Å². The summed E-state index contributed by atoms with van der Waals surface area (Å²) >= 11 is 1.42. The van der Waals surface area contributed by atoms with Gasteiger partial charge in [-0.3, -0.25) is 9.59 Å². The monoisotopic (exact) mass is 582 g/mol. The van der Waals surface area contributed by atoms with E-state index in [4.69, 9.17) is 0 Å². The molecule has 7 heteroatoms. The minimum atomic E-state index is -1.09. The van der Waals surface area contributed by atoms with Crippen molar-refractivity contribution in [3.05, 3.63) is 150 Å². The van der Waals surface area contributed by atoms with E-state index in [0.29, 0.717) is 16.5 Å². The van der Waals surface area contributed by atoms with Gasteiger partial charge in [0.1, 0.15) is 5.25 Å². The maximum absolute atomic E-state index is 13.7. The minimum absolute atomic E-state index is 0.0729. The molecule has 0 aliphatic heterocycles. The lowest BCUT2D eigenvalue weighted by atomic mass is 9.98. The normalized spacial score (nSPS) is 11.6. The van der Waals surface area contributed by atoms with Crippen molar-refractivity contribution in [2.45, 2.75) is 10.1 Å². The molecule has 6 aromatic rings. The molecular formula is C36H26N2O4S. The quantitative estimate of drug-likeness (QED) is 0.157. The summed E-state index contributed by atoms with van der Waals surface area (Å²) in [7, 11) is 0. The van der Waals surface area contributed by atoms with Crippen LogP contribution in [0.1, 0.15) is 31.5 Å². The van der Waals surface area contributed by atoms with Crippen LogP contribution in [-0.2, 0) is 4.79 Å². The summed E-state index contributed by atoms with van der Waals surface area (Å²) in [6, 6.07) is 40.7. The first-order valence-electron chi connectivity index (χ1n) is 13.6. The van der Waals surface area contributed by atoms with Crippen LogP contribution < -0.4 is 10.6 Å². The molecule has 0 fully saturated rings. The number of aromatic carboxylic acids is 1. The van der Waals surface area contributed by atoms with Gasteiger partial charge in [-0.2, -0.15) is 0 Å². The molecule has 0 aliphatic carbocycles. The third-order valence-corrected chi connectivity index (χ3v) is 8.40. The van der Waals surface area contributed by atoms with Gasteiger partial charge >= 0.3 is 5.97 Å². The molecule has 6 aromatic carbocycles. The fraction of sp³-hybridized carbons (Fsp3) is 0.0278. The van der Waals surface area contributed by atoms with E-state index in [1.807, 2.05) is 84.9 Å². The molecule has 0 heterocycles. The molecule has 6 nitrogen and oxygen atoms in total. The van der Waals surface area contributed by atoms with Crippen molar-refractivity contribution in [1.82, 2.24) is 0 Å². The van der Waals surface area contributed by atoms with Gasteiger partial charge in [-0.1, -0.05) is 91.0 Å². The Morgan fingerprint density at radius 1 is 0.605 bits per heavy atom. The van der Waals surface area contributed by atoms with Crippen molar-refractivity contribution in [2.24, 2.45) is 0 Å². The molecule has 1 unspecified atom stereocenters. The third-order valence-electron chi connectivity index (χ3n) is 7.13. The molecule has 3 N–H and O–H groups in total. The van der Waals surface area contributed by atoms with Gasteiger partial charge in [0.05, 0.1) is 5.56 Å². The highest BCUT2D eigenvalue weighted by Gasteiger charge is 2.23. The topological polar surface area (TPSA) is 95.5 Å². The molecule has 0 spiro atoms. The second-order valence-corrected chi connectivity index (χ2v) is 11.1. The molecule has 210 valence electrons. The lowest BCUT2D eigenvalue weighted by Gasteiger charge is -2.18. The van der Waals surface area contributed by atoms with Gasteiger partial charge in [0.15, 0.2) is 0 Å². The van der Waals surface area contributed by atoms with Crippen molar-refractivity contribution >= 4 is 62.5 Å². The average Bonchev–Trinajstić information content (AvgIpc) is 3.04. The molecule has 0 saturated heterocycles. The summed E-state index contributed by atoms with van der Waals surface area (Å²) in [6.07, 6.45) is 0. The van der Waals surface area contributed by atoms with Crippen LogP contribution >= 0.6 is 11.8 Å². The Kier molecular flexibility index (Phi) is 7.89. The number of amides is 2. The van der Waals surface area contributed by atoms with Gasteiger partial charge < -0.3 is 15.7 Å². The first kappa shape index (κ1) is 27.8. The van der Waals surface area contributed by atoms with E-state index in [1.54, 1.807) is 42.5 Å². The fourth-order valence-corrected chi connectivity index (χ4v) is 6.12. The van der Waals surface area contributed by atoms with E-state index >= 15 is 0 Å². The molecule has 0 radical (unpaired) electrons. The summed E-state index contributed by atoms with van der Waals surface area (Å²) in [4.78, 5) is 39.6. The van der Waals surface area contributed by atoms with E-state index in [2.05, 4.69) is 10.6 Å². The number of rotatable bonds is 8. The van der Waals surface area contributed by atoms with Gasteiger partial charge in [0.2, 0.25) is 5.91 Å². The maximum atomic E-state index is 13.7. The summed E-state index contributed by atoms with van der Waals surface area (Å²) in [5.41, 5.74) is 2.53. The number of fused-ring (bicyclic) bond motifs is 2. The first-order valence-corrected chi connectivity index (χ1v) is 14.5. The number of benzene rings is 6. The highest BCUT2D eigenvalue weighted by atomic mass is 32.2. The second kappa shape index (κ2) is 12.2. The Morgan fingerprint density at radius 2 is 1.23 bits per heavy atom. The van der Waals surface area contributed by atoms with Crippen molar-refractivity contribution in [3.8, 4) is 0 Å². The van der Waals surface area contributed by atoms with Crippen LogP contribution in [0.3, 0.4) is 0 Å². The van der Waals surface area contributed by atoms with Crippen molar-refractivity contribution < 1.29 is 19.5 Å². The molecule has 0 bridgehead atoms. The number of carboxylic acids is 1. The van der Waals surface area contributed by atoms with Crippen molar-refractivity contribution in [3.63, 3.8) is 0 Å². The number of anilines is 2. The highest BCUT2D eigenvalue weighted by molar-refractivity contribution is 8.00. The van der Waals surface area contributed by atoms with E-state index < -0.39 is 17.1 Å². The third kappa shape index (κ3) is 5.98. The smallest absolute Gasteiger partial charge is 0.336 e. The lowest BCUT2D eigenvalue weighted by molar-refractivity contribution is -0.115. The Balaban J connectivity index is 1.23. The van der Waals surface area contributed by atoms with Crippen molar-refractivity contribution in [2.75, 3.05) is 10.6 Å². The summed E-state index contributed by atoms with van der Waals surface area (Å²) in [5.74, 6) is -1.64. The van der Waals surface area contributed by atoms with Crippen LogP contribution in [0.4, 0.5) is 11.4 Å². The van der Waals surface area contributed by atoms with Crippen molar-refractivity contribution in [1.29, 1.82) is 0 Å². The van der Waals surface area contributed by atoms with Crippen LogP contribution in [-0.4, -0.2) is 22.9 Å². The number of hydrogen-bond donors (Lipinski definition) is 3. The summed E-state index contributed by atoms with van der Waals surface area (Å²) < 4.78 is 0. The minimum Gasteiger partial charge on any atom is -0.478 e. The number of carbonyl (C=O) groups is 3. The van der Waals surface area contributed by atoms with Gasteiger partial charge in [-0.15, -0.1) is 11.8 Å². The SMILES string of the molecule is O=C(O)c1cccc2cccc(C(=O)Nc3ccc(SC(C(=O)Nc4cccc5ccccc45)c4ccccc4)cc3)c12. The maximum Gasteiger partial charge on any atom is 0.336 e. The molecule has 2 amide bonds. The Hall–Kier alpha value is -5.40. The number of carboxylic acid groups (broad SMARTS) is 1. The average molecular weight is 583 g/mol. The standard InChI is InChI=1S/C36H26N2O4S/c39-34(29-16-6-13-24-14-7-17-30(32(24)29)36(41)42)37-26-19-21-27(22-20-26)43-33(25-10-2-1-3-11-25)35(40)38-31-18-8-12-23-9-4-5-15-28(23)31/h1-22,33H,(H,37,39)(H,38,40)(H,41,42). The molecule has 43 heavy (non-hydrogen) atoms.